The Bertz CT molecular complexity index is 289. The van der Waals surface area contributed by atoms with Crippen LogP contribution in [-0.4, -0.2) is 16.1 Å². The third kappa shape index (κ3) is 1.60. The fourth-order valence-electron chi connectivity index (χ4n) is 1.90. The van der Waals surface area contributed by atoms with Gasteiger partial charge in [0.2, 0.25) is 0 Å². The first kappa shape index (κ1) is 9.07. The Balaban J connectivity index is 2.22. The van der Waals surface area contributed by atoms with Gasteiger partial charge < -0.3 is 0 Å². The highest BCUT2D eigenvalue weighted by Gasteiger charge is 2.25. The van der Waals surface area contributed by atoms with Gasteiger partial charge in [0.05, 0.1) is 5.69 Å². The highest BCUT2D eigenvalue weighted by Crippen LogP contribution is 2.37. The molecule has 2 nitrogen and oxygen atoms in total. The maximum atomic E-state index is 5.76. The molecule has 0 bridgehead atoms. The SMILES string of the molecule is Cc1[nH]nc(C2CCC2)c1CCCl. The summed E-state index contributed by atoms with van der Waals surface area (Å²) in [4.78, 5) is 0. The molecular formula is C10H15ClN2. The van der Waals surface area contributed by atoms with Crippen molar-refractivity contribution in [2.24, 2.45) is 0 Å². The summed E-state index contributed by atoms with van der Waals surface area (Å²) in [7, 11) is 0. The highest BCUT2D eigenvalue weighted by molar-refractivity contribution is 6.18. The molecule has 1 aromatic rings. The van der Waals surface area contributed by atoms with Crippen molar-refractivity contribution >= 4 is 11.6 Å². The Hall–Kier alpha value is -0.500. The molecule has 0 aliphatic heterocycles. The molecule has 1 aliphatic rings. The molecule has 2 rings (SSSR count). The van der Waals surface area contributed by atoms with Gasteiger partial charge >= 0.3 is 0 Å². The van der Waals surface area contributed by atoms with E-state index in [1.165, 1.54) is 36.2 Å². The van der Waals surface area contributed by atoms with Crippen molar-refractivity contribution in [3.05, 3.63) is 17.0 Å². The molecular weight excluding hydrogens is 184 g/mol. The summed E-state index contributed by atoms with van der Waals surface area (Å²) in [5.74, 6) is 1.41. The van der Waals surface area contributed by atoms with Crippen molar-refractivity contribution in [2.75, 3.05) is 5.88 Å². The van der Waals surface area contributed by atoms with Crippen LogP contribution < -0.4 is 0 Å². The minimum atomic E-state index is 0.695. The lowest BCUT2D eigenvalue weighted by molar-refractivity contribution is 0.408. The van der Waals surface area contributed by atoms with Gasteiger partial charge in [-0.15, -0.1) is 11.6 Å². The number of halogens is 1. The normalized spacial score (nSPS) is 17.4. The Morgan fingerprint density at radius 2 is 2.31 bits per heavy atom. The number of hydrogen-bond donors (Lipinski definition) is 1. The smallest absolute Gasteiger partial charge is 0.0688 e. The molecule has 1 fully saturated rings. The molecule has 0 aromatic carbocycles. The zero-order valence-electron chi connectivity index (χ0n) is 7.94. The van der Waals surface area contributed by atoms with Gasteiger partial charge in [-0.05, 0) is 31.7 Å². The zero-order chi connectivity index (χ0) is 9.26. The first-order chi connectivity index (χ1) is 6.33. The molecule has 1 heterocycles. The Labute approximate surface area is 83.7 Å². The van der Waals surface area contributed by atoms with Crippen LogP contribution >= 0.6 is 11.6 Å². The molecule has 0 saturated heterocycles. The van der Waals surface area contributed by atoms with Gasteiger partial charge in [-0.25, -0.2) is 0 Å². The van der Waals surface area contributed by atoms with Gasteiger partial charge in [0.1, 0.15) is 0 Å². The van der Waals surface area contributed by atoms with Gasteiger partial charge in [-0.3, -0.25) is 5.10 Å². The van der Waals surface area contributed by atoms with Gasteiger partial charge in [0.15, 0.2) is 0 Å². The zero-order valence-corrected chi connectivity index (χ0v) is 8.69. The molecule has 0 spiro atoms. The van der Waals surface area contributed by atoms with Crippen LogP contribution in [0.15, 0.2) is 0 Å². The summed E-state index contributed by atoms with van der Waals surface area (Å²) < 4.78 is 0. The molecule has 0 amide bonds. The number of rotatable bonds is 3. The van der Waals surface area contributed by atoms with E-state index in [1.54, 1.807) is 0 Å². The van der Waals surface area contributed by atoms with Gasteiger partial charge in [0.25, 0.3) is 0 Å². The summed E-state index contributed by atoms with van der Waals surface area (Å²) in [6, 6.07) is 0. The molecule has 3 heteroatoms. The number of alkyl halides is 1. The maximum absolute atomic E-state index is 5.76. The lowest BCUT2D eigenvalue weighted by atomic mass is 9.81. The molecule has 1 aromatic heterocycles. The van der Waals surface area contributed by atoms with Gasteiger partial charge in [0, 0.05) is 17.5 Å². The Kier molecular flexibility index (Phi) is 2.58. The van der Waals surface area contributed by atoms with E-state index >= 15 is 0 Å². The predicted molar refractivity (Wildman–Crippen MR) is 54.3 cm³/mol. The van der Waals surface area contributed by atoms with Crippen LogP contribution in [0.5, 0.6) is 0 Å². The van der Waals surface area contributed by atoms with Crippen LogP contribution in [0.25, 0.3) is 0 Å². The first-order valence-electron chi connectivity index (χ1n) is 4.92. The average molecular weight is 199 g/mol. The largest absolute Gasteiger partial charge is 0.282 e. The number of aromatic amines is 1. The Morgan fingerprint density at radius 3 is 2.85 bits per heavy atom. The standard InChI is InChI=1S/C10H15ClN2/c1-7-9(5-6-11)10(13-12-7)8-3-2-4-8/h8H,2-6H2,1H3,(H,12,13). The fraction of sp³-hybridized carbons (Fsp3) is 0.700. The van der Waals surface area contributed by atoms with Crippen LogP contribution in [0.2, 0.25) is 0 Å². The van der Waals surface area contributed by atoms with Crippen molar-refractivity contribution in [3.8, 4) is 0 Å². The maximum Gasteiger partial charge on any atom is 0.0688 e. The number of nitrogens with one attached hydrogen (secondary N) is 1. The molecule has 1 aliphatic carbocycles. The quantitative estimate of drug-likeness (QED) is 0.744. The molecule has 1 saturated carbocycles. The molecule has 1 N–H and O–H groups in total. The summed E-state index contributed by atoms with van der Waals surface area (Å²) in [6.45, 7) is 2.08. The summed E-state index contributed by atoms with van der Waals surface area (Å²) in [5, 5.41) is 7.44. The minimum absolute atomic E-state index is 0.695. The second kappa shape index (κ2) is 3.70. The lowest BCUT2D eigenvalue weighted by Crippen LogP contribution is -2.11. The number of aromatic nitrogens is 2. The van der Waals surface area contributed by atoms with Crippen molar-refractivity contribution in [3.63, 3.8) is 0 Å². The van der Waals surface area contributed by atoms with E-state index in [2.05, 4.69) is 17.1 Å². The molecule has 72 valence electrons. The van der Waals surface area contributed by atoms with Crippen LogP contribution in [0.1, 0.15) is 42.1 Å². The fourth-order valence-corrected chi connectivity index (χ4v) is 2.09. The summed E-state index contributed by atoms with van der Waals surface area (Å²) >= 11 is 5.76. The van der Waals surface area contributed by atoms with Gasteiger partial charge in [-0.2, -0.15) is 5.10 Å². The van der Waals surface area contributed by atoms with Crippen molar-refractivity contribution in [1.82, 2.24) is 10.2 Å². The molecule has 0 radical (unpaired) electrons. The van der Waals surface area contributed by atoms with E-state index in [9.17, 15) is 0 Å². The third-order valence-corrected chi connectivity index (χ3v) is 3.13. The minimum Gasteiger partial charge on any atom is -0.282 e. The van der Waals surface area contributed by atoms with E-state index in [4.69, 9.17) is 11.6 Å². The van der Waals surface area contributed by atoms with Crippen LogP contribution in [0.3, 0.4) is 0 Å². The number of hydrogen-bond acceptors (Lipinski definition) is 1. The van der Waals surface area contributed by atoms with Crippen LogP contribution in [-0.2, 0) is 6.42 Å². The van der Waals surface area contributed by atoms with E-state index < -0.39 is 0 Å². The van der Waals surface area contributed by atoms with Crippen LogP contribution in [0.4, 0.5) is 0 Å². The van der Waals surface area contributed by atoms with E-state index in [0.717, 1.165) is 6.42 Å². The molecule has 0 unspecified atom stereocenters. The van der Waals surface area contributed by atoms with Gasteiger partial charge in [-0.1, -0.05) is 6.42 Å². The predicted octanol–water partition coefficient (Wildman–Crippen LogP) is 2.77. The second-order valence-corrected chi connectivity index (χ2v) is 4.16. The van der Waals surface area contributed by atoms with Crippen LogP contribution in [0, 0.1) is 6.92 Å². The van der Waals surface area contributed by atoms with E-state index in [-0.39, 0.29) is 0 Å². The number of H-pyrrole nitrogens is 1. The first-order valence-corrected chi connectivity index (χ1v) is 5.46. The molecule has 13 heavy (non-hydrogen) atoms. The average Bonchev–Trinajstić information content (AvgIpc) is 2.33. The topological polar surface area (TPSA) is 28.7 Å². The number of aryl methyl sites for hydroxylation is 1. The van der Waals surface area contributed by atoms with Crippen molar-refractivity contribution in [2.45, 2.75) is 38.5 Å². The Morgan fingerprint density at radius 1 is 1.54 bits per heavy atom. The van der Waals surface area contributed by atoms with E-state index in [1.807, 2.05) is 0 Å². The second-order valence-electron chi connectivity index (χ2n) is 3.78. The highest BCUT2D eigenvalue weighted by atomic mass is 35.5. The molecule has 0 atom stereocenters. The lowest BCUT2D eigenvalue weighted by Gasteiger charge is -2.24. The van der Waals surface area contributed by atoms with Crippen molar-refractivity contribution < 1.29 is 0 Å². The van der Waals surface area contributed by atoms with E-state index in [0.29, 0.717) is 11.8 Å². The number of nitrogens with zero attached hydrogens (tertiary/aromatic N) is 1. The third-order valence-electron chi connectivity index (χ3n) is 2.94. The monoisotopic (exact) mass is 198 g/mol. The summed E-state index contributed by atoms with van der Waals surface area (Å²) in [5.41, 5.74) is 3.84. The van der Waals surface area contributed by atoms with Crippen molar-refractivity contribution in [1.29, 1.82) is 0 Å². The summed E-state index contributed by atoms with van der Waals surface area (Å²) in [6.07, 6.45) is 4.92.